The van der Waals surface area contributed by atoms with Crippen molar-refractivity contribution in [1.82, 2.24) is 5.32 Å². The average Bonchev–Trinajstić information content (AvgIpc) is 2.92. The van der Waals surface area contributed by atoms with Crippen LogP contribution >= 0.6 is 40.7 Å². The van der Waals surface area contributed by atoms with Gasteiger partial charge < -0.3 is 16.0 Å². The van der Waals surface area contributed by atoms with Gasteiger partial charge in [0, 0.05) is 29.8 Å². The third-order valence-electron chi connectivity index (χ3n) is 4.24. The summed E-state index contributed by atoms with van der Waals surface area (Å²) in [5.74, 6) is 0.434. The Labute approximate surface area is 165 Å². The minimum Gasteiger partial charge on any atom is -0.371 e. The molecule has 7 heteroatoms. The molecule has 2 atom stereocenters. The quantitative estimate of drug-likeness (QED) is 0.751. The molecule has 1 saturated heterocycles. The fourth-order valence-corrected chi connectivity index (χ4v) is 3.04. The second-order valence-corrected chi connectivity index (χ2v) is 8.09. The molecular weight excluding hydrogens is 413 g/mol. The summed E-state index contributed by atoms with van der Waals surface area (Å²) in [6.07, 6.45) is 1.09. The predicted molar refractivity (Wildman–Crippen MR) is 109 cm³/mol. The maximum Gasteiger partial charge on any atom is 0.237 e. The Balaban J connectivity index is 0.00000264. The van der Waals surface area contributed by atoms with Crippen LogP contribution in [0.5, 0.6) is 0 Å². The van der Waals surface area contributed by atoms with Crippen molar-refractivity contribution in [3.8, 4) is 0 Å². The first kappa shape index (κ1) is 23.5. The highest BCUT2D eigenvalue weighted by Crippen LogP contribution is 2.26. The number of rotatable bonds is 4. The van der Waals surface area contributed by atoms with Crippen LogP contribution in [0.3, 0.4) is 0 Å². The van der Waals surface area contributed by atoms with Crippen LogP contribution in [-0.4, -0.2) is 31.6 Å². The SMILES string of the molecule is CC(C)(C)[C@H](N)C(=O)NCC1CCN(c2cccc(Br)c2)C1.Cl.Cl. The van der Waals surface area contributed by atoms with Crippen LogP contribution in [0.25, 0.3) is 0 Å². The first-order valence-electron chi connectivity index (χ1n) is 7.81. The second-order valence-electron chi connectivity index (χ2n) is 7.17. The molecule has 1 aromatic rings. The van der Waals surface area contributed by atoms with E-state index in [1.165, 1.54) is 5.69 Å². The van der Waals surface area contributed by atoms with Gasteiger partial charge in [-0.25, -0.2) is 0 Å². The molecule has 138 valence electrons. The van der Waals surface area contributed by atoms with Gasteiger partial charge in [-0.3, -0.25) is 4.79 Å². The zero-order valence-electron chi connectivity index (χ0n) is 14.4. The number of anilines is 1. The topological polar surface area (TPSA) is 58.4 Å². The van der Waals surface area contributed by atoms with E-state index in [0.29, 0.717) is 12.5 Å². The van der Waals surface area contributed by atoms with Crippen LogP contribution in [0, 0.1) is 11.3 Å². The third-order valence-corrected chi connectivity index (χ3v) is 4.73. The van der Waals surface area contributed by atoms with Gasteiger partial charge in [0.2, 0.25) is 5.91 Å². The zero-order valence-corrected chi connectivity index (χ0v) is 17.6. The van der Waals surface area contributed by atoms with Crippen molar-refractivity contribution >= 4 is 52.3 Å². The standard InChI is InChI=1S/C17H26BrN3O.2ClH/c1-17(2,3)15(19)16(22)20-10-12-7-8-21(11-12)14-6-4-5-13(18)9-14;;/h4-6,9,12,15H,7-8,10-11,19H2,1-3H3,(H,20,22);2*1H/t12?,15-;;/m1../s1. The number of halogens is 3. The van der Waals surface area contributed by atoms with Gasteiger partial charge in [0.1, 0.15) is 0 Å². The highest BCUT2D eigenvalue weighted by molar-refractivity contribution is 9.10. The molecule has 2 rings (SSSR count). The Morgan fingerprint density at radius 2 is 2.08 bits per heavy atom. The number of benzene rings is 1. The molecule has 1 aliphatic rings. The highest BCUT2D eigenvalue weighted by Gasteiger charge is 2.29. The Morgan fingerprint density at radius 1 is 1.42 bits per heavy atom. The summed E-state index contributed by atoms with van der Waals surface area (Å²) in [6, 6.07) is 7.88. The van der Waals surface area contributed by atoms with Crippen molar-refractivity contribution in [3.05, 3.63) is 28.7 Å². The molecule has 24 heavy (non-hydrogen) atoms. The maximum atomic E-state index is 12.1. The molecule has 1 aromatic carbocycles. The lowest BCUT2D eigenvalue weighted by Gasteiger charge is -2.26. The van der Waals surface area contributed by atoms with Crippen LogP contribution in [0.4, 0.5) is 5.69 Å². The summed E-state index contributed by atoms with van der Waals surface area (Å²) in [6.45, 7) is 8.67. The van der Waals surface area contributed by atoms with Crippen LogP contribution in [0.2, 0.25) is 0 Å². The van der Waals surface area contributed by atoms with Crippen LogP contribution in [0.1, 0.15) is 27.2 Å². The van der Waals surface area contributed by atoms with Crippen LogP contribution < -0.4 is 16.0 Å². The number of hydrogen-bond donors (Lipinski definition) is 2. The van der Waals surface area contributed by atoms with Crippen molar-refractivity contribution in [2.75, 3.05) is 24.5 Å². The molecule has 0 saturated carbocycles. The lowest BCUT2D eigenvalue weighted by Crippen LogP contribution is -2.49. The largest absolute Gasteiger partial charge is 0.371 e. The fourth-order valence-electron chi connectivity index (χ4n) is 2.65. The fraction of sp³-hybridized carbons (Fsp3) is 0.588. The maximum absolute atomic E-state index is 12.1. The predicted octanol–water partition coefficient (Wildman–Crippen LogP) is 3.61. The van der Waals surface area contributed by atoms with Crippen molar-refractivity contribution in [2.24, 2.45) is 17.1 Å². The summed E-state index contributed by atoms with van der Waals surface area (Å²) >= 11 is 3.51. The average molecular weight is 441 g/mol. The zero-order chi connectivity index (χ0) is 16.3. The number of carbonyl (C=O) groups is 1. The van der Waals surface area contributed by atoms with Crippen LogP contribution in [-0.2, 0) is 4.79 Å². The molecule has 0 bridgehead atoms. The second kappa shape index (κ2) is 9.85. The number of amides is 1. The molecule has 1 amide bonds. The number of hydrogen-bond acceptors (Lipinski definition) is 3. The molecule has 1 heterocycles. The number of carbonyl (C=O) groups excluding carboxylic acids is 1. The molecule has 0 aliphatic carbocycles. The molecular formula is C17H28BrCl2N3O. The van der Waals surface area contributed by atoms with E-state index in [2.05, 4.69) is 44.3 Å². The van der Waals surface area contributed by atoms with Crippen molar-refractivity contribution in [2.45, 2.75) is 33.2 Å². The van der Waals surface area contributed by atoms with E-state index >= 15 is 0 Å². The van der Waals surface area contributed by atoms with E-state index in [-0.39, 0.29) is 36.1 Å². The Hall–Kier alpha value is -0.490. The van der Waals surface area contributed by atoms with Gasteiger partial charge >= 0.3 is 0 Å². The summed E-state index contributed by atoms with van der Waals surface area (Å²) in [5.41, 5.74) is 7.01. The molecule has 0 spiro atoms. The third kappa shape index (κ3) is 6.43. The van der Waals surface area contributed by atoms with Crippen LogP contribution in [0.15, 0.2) is 28.7 Å². The number of nitrogens with zero attached hydrogens (tertiary/aromatic N) is 1. The molecule has 1 unspecified atom stereocenters. The molecule has 1 fully saturated rings. The van der Waals surface area contributed by atoms with Crippen molar-refractivity contribution < 1.29 is 4.79 Å². The first-order valence-corrected chi connectivity index (χ1v) is 8.60. The Morgan fingerprint density at radius 3 is 2.67 bits per heavy atom. The monoisotopic (exact) mass is 439 g/mol. The van der Waals surface area contributed by atoms with Gasteiger partial charge in [0.05, 0.1) is 6.04 Å². The molecule has 1 aliphatic heterocycles. The van der Waals surface area contributed by atoms with E-state index in [0.717, 1.165) is 24.0 Å². The highest BCUT2D eigenvalue weighted by atomic mass is 79.9. The normalized spacial score (nSPS) is 18.4. The summed E-state index contributed by atoms with van der Waals surface area (Å²) < 4.78 is 1.10. The molecule has 4 nitrogen and oxygen atoms in total. The van der Waals surface area contributed by atoms with Gasteiger partial charge in [-0.05, 0) is 36.0 Å². The lowest BCUT2D eigenvalue weighted by molar-refractivity contribution is -0.124. The van der Waals surface area contributed by atoms with Crippen molar-refractivity contribution in [1.29, 1.82) is 0 Å². The van der Waals surface area contributed by atoms with E-state index in [9.17, 15) is 4.79 Å². The van der Waals surface area contributed by atoms with E-state index in [1.54, 1.807) is 0 Å². The van der Waals surface area contributed by atoms with E-state index < -0.39 is 6.04 Å². The summed E-state index contributed by atoms with van der Waals surface area (Å²) in [4.78, 5) is 14.5. The number of nitrogens with one attached hydrogen (secondary N) is 1. The first-order chi connectivity index (χ1) is 10.3. The van der Waals surface area contributed by atoms with Gasteiger partial charge in [-0.2, -0.15) is 0 Å². The van der Waals surface area contributed by atoms with Gasteiger partial charge in [0.15, 0.2) is 0 Å². The molecule has 0 radical (unpaired) electrons. The minimum atomic E-state index is -0.463. The Kier molecular flexibility index (Phi) is 9.65. The van der Waals surface area contributed by atoms with E-state index in [4.69, 9.17) is 5.73 Å². The van der Waals surface area contributed by atoms with Gasteiger partial charge in [-0.15, -0.1) is 24.8 Å². The molecule has 0 aromatic heterocycles. The molecule has 3 N–H and O–H groups in total. The summed E-state index contributed by atoms with van der Waals surface area (Å²) in [7, 11) is 0. The number of nitrogens with two attached hydrogens (primary N) is 1. The van der Waals surface area contributed by atoms with E-state index in [1.807, 2.05) is 26.8 Å². The lowest BCUT2D eigenvalue weighted by atomic mass is 9.87. The van der Waals surface area contributed by atoms with Gasteiger partial charge in [-0.1, -0.05) is 42.8 Å². The summed E-state index contributed by atoms with van der Waals surface area (Å²) in [5, 5.41) is 3.01. The van der Waals surface area contributed by atoms with Gasteiger partial charge in [0.25, 0.3) is 0 Å². The smallest absolute Gasteiger partial charge is 0.237 e. The van der Waals surface area contributed by atoms with Crippen molar-refractivity contribution in [3.63, 3.8) is 0 Å². The minimum absolute atomic E-state index is 0. The Bertz CT molecular complexity index is 537.